The van der Waals surface area contributed by atoms with Crippen molar-refractivity contribution in [3.05, 3.63) is 33.4 Å². The summed E-state index contributed by atoms with van der Waals surface area (Å²) in [4.78, 5) is 12.0. The number of hydrogen-bond donors (Lipinski definition) is 1. The molecule has 0 heterocycles. The number of carbonyl (C=O) groups is 1. The Morgan fingerprint density at radius 1 is 1.44 bits per heavy atom. The molecule has 0 saturated carbocycles. The molecule has 1 N–H and O–H groups in total. The Labute approximate surface area is 118 Å². The maximum absolute atomic E-state index is 12.0. The van der Waals surface area contributed by atoms with Gasteiger partial charge in [0.05, 0.1) is 5.56 Å². The molecule has 0 aromatic heterocycles. The first-order chi connectivity index (χ1) is 7.56. The molecule has 16 heavy (non-hydrogen) atoms. The van der Waals surface area contributed by atoms with Gasteiger partial charge in [-0.3, -0.25) is 4.79 Å². The topological polar surface area (TPSA) is 29.1 Å². The molecular weight excluding hydrogens is 381 g/mol. The summed E-state index contributed by atoms with van der Waals surface area (Å²) in [5, 5.41) is 3.90. The van der Waals surface area contributed by atoms with Gasteiger partial charge in [0.2, 0.25) is 0 Å². The molecular formula is C12H15BrINO. The van der Waals surface area contributed by atoms with Crippen LogP contribution < -0.4 is 5.32 Å². The summed E-state index contributed by atoms with van der Waals surface area (Å²) in [7, 11) is 0. The molecule has 0 aliphatic carbocycles. The van der Waals surface area contributed by atoms with Crippen LogP contribution in [0, 0.1) is 9.49 Å². The predicted molar refractivity (Wildman–Crippen MR) is 79.0 cm³/mol. The third kappa shape index (κ3) is 3.73. The summed E-state index contributed by atoms with van der Waals surface area (Å²) in [6, 6.07) is 7.78. The lowest BCUT2D eigenvalue weighted by Crippen LogP contribution is -2.37. The molecule has 2 unspecified atom stereocenters. The largest absolute Gasteiger partial charge is 0.349 e. The second kappa shape index (κ2) is 6.59. The monoisotopic (exact) mass is 395 g/mol. The van der Waals surface area contributed by atoms with E-state index in [0.717, 1.165) is 14.5 Å². The van der Waals surface area contributed by atoms with E-state index in [-0.39, 0.29) is 11.9 Å². The van der Waals surface area contributed by atoms with Gasteiger partial charge in [0.1, 0.15) is 0 Å². The molecule has 88 valence electrons. The molecule has 0 saturated heterocycles. The Balaban J connectivity index is 2.70. The van der Waals surface area contributed by atoms with E-state index in [4.69, 9.17) is 0 Å². The number of hydrogen-bond acceptors (Lipinski definition) is 1. The van der Waals surface area contributed by atoms with Crippen LogP contribution in [-0.2, 0) is 0 Å². The number of benzene rings is 1. The fraction of sp³-hybridized carbons (Fsp3) is 0.417. The van der Waals surface area contributed by atoms with Crippen LogP contribution >= 0.6 is 38.5 Å². The number of nitrogens with one attached hydrogen (secondary N) is 1. The van der Waals surface area contributed by atoms with E-state index >= 15 is 0 Å². The molecule has 2 atom stereocenters. The van der Waals surface area contributed by atoms with Crippen LogP contribution in [0.15, 0.2) is 24.3 Å². The van der Waals surface area contributed by atoms with Crippen molar-refractivity contribution in [1.82, 2.24) is 5.32 Å². The fourth-order valence-electron chi connectivity index (χ4n) is 1.21. The highest BCUT2D eigenvalue weighted by Gasteiger charge is 2.16. The zero-order chi connectivity index (χ0) is 12.1. The third-order valence-corrected chi connectivity index (χ3v) is 4.54. The van der Waals surface area contributed by atoms with Crippen LogP contribution in [0.1, 0.15) is 24.2 Å². The van der Waals surface area contributed by atoms with Gasteiger partial charge in [-0.1, -0.05) is 35.0 Å². The zero-order valence-electron chi connectivity index (χ0n) is 9.34. The molecule has 1 aromatic carbocycles. The lowest BCUT2D eigenvalue weighted by Gasteiger charge is -2.19. The van der Waals surface area contributed by atoms with Crippen LogP contribution in [0.3, 0.4) is 0 Å². The van der Waals surface area contributed by atoms with E-state index in [1.165, 1.54) is 0 Å². The molecule has 0 radical (unpaired) electrons. The molecule has 1 rings (SSSR count). The van der Waals surface area contributed by atoms with Gasteiger partial charge in [-0.15, -0.1) is 0 Å². The van der Waals surface area contributed by atoms with E-state index in [1.807, 2.05) is 31.2 Å². The molecule has 0 aliphatic heterocycles. The molecule has 0 fully saturated rings. The second-order valence-corrected chi connectivity index (χ2v) is 5.68. The Kier molecular flexibility index (Phi) is 5.75. The van der Waals surface area contributed by atoms with E-state index in [2.05, 4.69) is 50.8 Å². The van der Waals surface area contributed by atoms with Crippen LogP contribution in [-0.4, -0.2) is 17.3 Å². The molecule has 0 aliphatic rings. The van der Waals surface area contributed by atoms with Crippen LogP contribution in [0.2, 0.25) is 0 Å². The lowest BCUT2D eigenvalue weighted by molar-refractivity contribution is 0.0930. The average Bonchev–Trinajstić information content (AvgIpc) is 2.28. The molecule has 0 spiro atoms. The average molecular weight is 396 g/mol. The second-order valence-electron chi connectivity index (χ2n) is 3.87. The van der Waals surface area contributed by atoms with E-state index in [9.17, 15) is 4.79 Å². The molecule has 4 heteroatoms. The van der Waals surface area contributed by atoms with Crippen LogP contribution in [0.25, 0.3) is 0 Å². The first-order valence-corrected chi connectivity index (χ1v) is 7.37. The van der Waals surface area contributed by atoms with Crippen molar-refractivity contribution in [2.45, 2.75) is 19.9 Å². The van der Waals surface area contributed by atoms with Gasteiger partial charge in [0.25, 0.3) is 5.91 Å². The highest BCUT2D eigenvalue weighted by molar-refractivity contribution is 14.1. The summed E-state index contributed by atoms with van der Waals surface area (Å²) in [5.41, 5.74) is 0.747. The van der Waals surface area contributed by atoms with Gasteiger partial charge >= 0.3 is 0 Å². The number of carbonyl (C=O) groups excluding carboxylic acids is 1. The van der Waals surface area contributed by atoms with Crippen LogP contribution in [0.4, 0.5) is 0 Å². The molecule has 0 bridgehead atoms. The SMILES string of the molecule is CC(CBr)C(C)NC(=O)c1ccccc1I. The van der Waals surface area contributed by atoms with E-state index in [0.29, 0.717) is 5.92 Å². The van der Waals surface area contributed by atoms with Crippen molar-refractivity contribution in [2.75, 3.05) is 5.33 Å². The summed E-state index contributed by atoms with van der Waals surface area (Å²) in [6.45, 7) is 4.13. The van der Waals surface area contributed by atoms with Gasteiger partial charge in [-0.05, 0) is 47.6 Å². The van der Waals surface area contributed by atoms with Gasteiger partial charge in [-0.25, -0.2) is 0 Å². The van der Waals surface area contributed by atoms with Crippen molar-refractivity contribution in [1.29, 1.82) is 0 Å². The first-order valence-electron chi connectivity index (χ1n) is 5.17. The Bertz CT molecular complexity index is 370. The van der Waals surface area contributed by atoms with Crippen molar-refractivity contribution >= 4 is 44.4 Å². The summed E-state index contributed by atoms with van der Waals surface area (Å²) < 4.78 is 0.983. The number of alkyl halides is 1. The number of rotatable bonds is 4. The van der Waals surface area contributed by atoms with Crippen molar-refractivity contribution in [2.24, 2.45) is 5.92 Å². The zero-order valence-corrected chi connectivity index (χ0v) is 13.1. The van der Waals surface area contributed by atoms with Gasteiger partial charge in [0.15, 0.2) is 0 Å². The minimum atomic E-state index is 0.00491. The van der Waals surface area contributed by atoms with E-state index < -0.39 is 0 Å². The standard InChI is InChI=1S/C12H15BrINO/c1-8(7-13)9(2)15-12(16)10-5-3-4-6-11(10)14/h3-6,8-9H,7H2,1-2H3,(H,15,16). The lowest BCUT2D eigenvalue weighted by atomic mass is 10.1. The smallest absolute Gasteiger partial charge is 0.252 e. The number of amides is 1. The van der Waals surface area contributed by atoms with Crippen molar-refractivity contribution < 1.29 is 4.79 Å². The fourth-order valence-corrected chi connectivity index (χ4v) is 2.40. The Hall–Kier alpha value is -0.100. The van der Waals surface area contributed by atoms with Gasteiger partial charge < -0.3 is 5.32 Å². The minimum absolute atomic E-state index is 0.00491. The van der Waals surface area contributed by atoms with Crippen LogP contribution in [0.5, 0.6) is 0 Å². The quantitative estimate of drug-likeness (QED) is 0.614. The van der Waals surface area contributed by atoms with Crippen molar-refractivity contribution in [3.63, 3.8) is 0 Å². The first kappa shape index (κ1) is 14.0. The highest BCUT2D eigenvalue weighted by atomic mass is 127. The normalized spacial score (nSPS) is 14.2. The maximum Gasteiger partial charge on any atom is 0.252 e. The third-order valence-electron chi connectivity index (χ3n) is 2.57. The molecule has 1 amide bonds. The molecule has 2 nitrogen and oxygen atoms in total. The van der Waals surface area contributed by atoms with Crippen molar-refractivity contribution in [3.8, 4) is 0 Å². The summed E-state index contributed by atoms with van der Waals surface area (Å²) >= 11 is 5.60. The summed E-state index contributed by atoms with van der Waals surface area (Å²) in [6.07, 6.45) is 0. The maximum atomic E-state index is 12.0. The summed E-state index contributed by atoms with van der Waals surface area (Å²) in [5.74, 6) is 0.427. The van der Waals surface area contributed by atoms with Gasteiger partial charge in [0, 0.05) is 14.9 Å². The predicted octanol–water partition coefficient (Wildman–Crippen LogP) is 3.44. The molecule has 1 aromatic rings. The highest BCUT2D eigenvalue weighted by Crippen LogP contribution is 2.13. The minimum Gasteiger partial charge on any atom is -0.349 e. The van der Waals surface area contributed by atoms with E-state index in [1.54, 1.807) is 0 Å². The number of halogens is 2. The Morgan fingerprint density at radius 2 is 2.06 bits per heavy atom. The van der Waals surface area contributed by atoms with Gasteiger partial charge in [-0.2, -0.15) is 0 Å². The Morgan fingerprint density at radius 3 is 2.62 bits per heavy atom.